The number of ether oxygens (including phenoxy) is 1. The number of carbonyl (C=O) groups is 2. The first-order valence-corrected chi connectivity index (χ1v) is 7.28. The fourth-order valence-electron chi connectivity index (χ4n) is 2.79. The molecule has 7 heteroatoms. The molecule has 0 spiro atoms. The summed E-state index contributed by atoms with van der Waals surface area (Å²) in [6, 6.07) is 3.51. The molecule has 1 atom stereocenters. The highest BCUT2D eigenvalue weighted by Crippen LogP contribution is 2.38. The van der Waals surface area contributed by atoms with Crippen molar-refractivity contribution in [3.8, 4) is 5.75 Å². The fraction of sp³-hybridized carbons (Fsp3) is 0.467. The van der Waals surface area contributed by atoms with E-state index in [0.29, 0.717) is 23.8 Å². The Balaban J connectivity index is 1.82. The van der Waals surface area contributed by atoms with Gasteiger partial charge in [0.15, 0.2) is 0 Å². The van der Waals surface area contributed by atoms with Crippen molar-refractivity contribution in [1.82, 2.24) is 10.2 Å². The molecule has 22 heavy (non-hydrogen) atoms. The van der Waals surface area contributed by atoms with Gasteiger partial charge >= 0.3 is 6.03 Å². The van der Waals surface area contributed by atoms with Gasteiger partial charge in [-0.25, -0.2) is 9.18 Å². The summed E-state index contributed by atoms with van der Waals surface area (Å²) in [5.41, 5.74) is 5.64. The first-order valence-electron chi connectivity index (χ1n) is 7.28. The number of primary amides is 1. The van der Waals surface area contributed by atoms with Crippen LogP contribution in [-0.4, -0.2) is 36.0 Å². The van der Waals surface area contributed by atoms with Crippen LogP contribution in [0.3, 0.4) is 0 Å². The molecule has 3 rings (SSSR count). The molecule has 1 aromatic carbocycles. The molecule has 3 amide bonds. The predicted octanol–water partition coefficient (Wildman–Crippen LogP) is 0.994. The smallest absolute Gasteiger partial charge is 0.312 e. The number of amides is 3. The van der Waals surface area contributed by atoms with E-state index in [-0.39, 0.29) is 30.9 Å². The number of hydrogen-bond donors (Lipinski definition) is 2. The molecular formula is C15H18FN3O3. The fourth-order valence-corrected chi connectivity index (χ4v) is 2.79. The van der Waals surface area contributed by atoms with Gasteiger partial charge in [-0.3, -0.25) is 4.79 Å². The van der Waals surface area contributed by atoms with Gasteiger partial charge < -0.3 is 20.7 Å². The average molecular weight is 307 g/mol. The molecule has 1 heterocycles. The van der Waals surface area contributed by atoms with E-state index in [0.717, 1.165) is 12.8 Å². The summed E-state index contributed by atoms with van der Waals surface area (Å²) in [6.45, 7) is 0.488. The molecule has 1 aliphatic carbocycles. The minimum atomic E-state index is -0.742. The van der Waals surface area contributed by atoms with Crippen molar-refractivity contribution in [3.63, 3.8) is 0 Å². The maximum Gasteiger partial charge on any atom is 0.312 e. The van der Waals surface area contributed by atoms with E-state index < -0.39 is 6.03 Å². The first-order chi connectivity index (χ1) is 10.5. The highest BCUT2D eigenvalue weighted by atomic mass is 19.1. The van der Waals surface area contributed by atoms with Gasteiger partial charge in [0.2, 0.25) is 5.91 Å². The van der Waals surface area contributed by atoms with Crippen LogP contribution in [0.4, 0.5) is 9.18 Å². The van der Waals surface area contributed by atoms with Gasteiger partial charge in [0, 0.05) is 12.1 Å². The normalized spacial score (nSPS) is 20.6. The molecule has 0 bridgehead atoms. The average Bonchev–Trinajstić information content (AvgIpc) is 3.29. The van der Waals surface area contributed by atoms with Gasteiger partial charge in [0.05, 0.1) is 12.6 Å². The quantitative estimate of drug-likeness (QED) is 0.873. The number of carbonyl (C=O) groups excluding carboxylic acids is 2. The van der Waals surface area contributed by atoms with Gasteiger partial charge in [0.1, 0.15) is 18.2 Å². The summed E-state index contributed by atoms with van der Waals surface area (Å²) in [4.78, 5) is 24.9. The number of fused-ring (bicyclic) bond motifs is 1. The van der Waals surface area contributed by atoms with Crippen molar-refractivity contribution in [2.45, 2.75) is 25.4 Å². The maximum atomic E-state index is 13.4. The molecule has 2 aliphatic rings. The third kappa shape index (κ3) is 3.13. The van der Waals surface area contributed by atoms with Crippen LogP contribution in [0.25, 0.3) is 0 Å². The number of nitrogens with one attached hydrogen (secondary N) is 1. The lowest BCUT2D eigenvalue weighted by Gasteiger charge is -2.29. The van der Waals surface area contributed by atoms with Crippen LogP contribution in [0.2, 0.25) is 0 Å². The zero-order chi connectivity index (χ0) is 15.7. The lowest BCUT2D eigenvalue weighted by atomic mass is 10.1. The largest absolute Gasteiger partial charge is 0.491 e. The number of halogens is 1. The molecule has 0 aromatic heterocycles. The number of nitrogens with zero attached hydrogens (tertiary/aromatic N) is 1. The number of hydrogen-bond acceptors (Lipinski definition) is 3. The van der Waals surface area contributed by atoms with E-state index in [9.17, 15) is 14.0 Å². The van der Waals surface area contributed by atoms with Crippen LogP contribution in [-0.2, 0) is 11.3 Å². The number of rotatable bonds is 3. The van der Waals surface area contributed by atoms with Crippen LogP contribution in [0.15, 0.2) is 18.2 Å². The summed E-state index contributed by atoms with van der Waals surface area (Å²) in [6.07, 6.45) is 2.09. The second-order valence-corrected chi connectivity index (χ2v) is 5.71. The van der Waals surface area contributed by atoms with Crippen molar-refractivity contribution < 1.29 is 18.7 Å². The molecule has 0 radical (unpaired) electrons. The summed E-state index contributed by atoms with van der Waals surface area (Å²) in [5, 5.41) is 2.31. The minimum Gasteiger partial charge on any atom is -0.491 e. The number of urea groups is 1. The van der Waals surface area contributed by atoms with Crippen LogP contribution in [0, 0.1) is 11.7 Å². The lowest BCUT2D eigenvalue weighted by Crippen LogP contribution is -2.48. The zero-order valence-electron chi connectivity index (χ0n) is 12.0. The van der Waals surface area contributed by atoms with Gasteiger partial charge in [-0.2, -0.15) is 0 Å². The zero-order valence-corrected chi connectivity index (χ0v) is 12.0. The molecule has 1 aliphatic heterocycles. The van der Waals surface area contributed by atoms with Crippen LogP contribution >= 0.6 is 0 Å². The maximum absolute atomic E-state index is 13.4. The molecule has 118 valence electrons. The second kappa shape index (κ2) is 5.82. The molecule has 1 aromatic rings. The van der Waals surface area contributed by atoms with Gasteiger partial charge in [0.25, 0.3) is 0 Å². The SMILES string of the molecule is NC(=O)NCC(=O)N1Cc2cc(F)ccc2OC[C@H]1C1CC1. The molecule has 0 saturated heterocycles. The van der Waals surface area contributed by atoms with Gasteiger partial charge in [-0.1, -0.05) is 0 Å². The standard InChI is InChI=1S/C15H18FN3O3/c16-11-3-4-13-10(5-11)7-19(14(20)6-18-15(17)21)12(8-22-13)9-1-2-9/h3-5,9,12H,1-2,6-8H2,(H3,17,18,21)/t12-/m0/s1. The molecule has 1 saturated carbocycles. The third-order valence-electron chi connectivity index (χ3n) is 4.07. The number of nitrogens with two attached hydrogens (primary N) is 1. The second-order valence-electron chi connectivity index (χ2n) is 5.71. The Morgan fingerprint density at radius 1 is 1.41 bits per heavy atom. The van der Waals surface area contributed by atoms with E-state index >= 15 is 0 Å². The van der Waals surface area contributed by atoms with E-state index in [4.69, 9.17) is 10.5 Å². The Labute approximate surface area is 127 Å². The minimum absolute atomic E-state index is 0.0577. The molecule has 6 nitrogen and oxygen atoms in total. The van der Waals surface area contributed by atoms with E-state index in [1.54, 1.807) is 11.0 Å². The Morgan fingerprint density at radius 2 is 2.18 bits per heavy atom. The first kappa shape index (κ1) is 14.6. The Bertz CT molecular complexity index is 604. The Kier molecular flexibility index (Phi) is 3.87. The summed E-state index contributed by atoms with van der Waals surface area (Å²) in [7, 11) is 0. The van der Waals surface area contributed by atoms with Crippen molar-refractivity contribution >= 4 is 11.9 Å². The monoisotopic (exact) mass is 307 g/mol. The summed E-state index contributed by atoms with van der Waals surface area (Å²) >= 11 is 0. The highest BCUT2D eigenvalue weighted by Gasteiger charge is 2.39. The Hall–Kier alpha value is -2.31. The lowest BCUT2D eigenvalue weighted by molar-refractivity contribution is -0.134. The Morgan fingerprint density at radius 3 is 2.86 bits per heavy atom. The van der Waals surface area contributed by atoms with E-state index in [1.807, 2.05) is 0 Å². The molecule has 1 fully saturated rings. The van der Waals surface area contributed by atoms with E-state index in [1.165, 1.54) is 12.1 Å². The van der Waals surface area contributed by atoms with Gasteiger partial charge in [-0.15, -0.1) is 0 Å². The van der Waals surface area contributed by atoms with Crippen LogP contribution in [0.5, 0.6) is 5.75 Å². The molecule has 3 N–H and O–H groups in total. The summed E-state index contributed by atoms with van der Waals surface area (Å²) in [5.74, 6) is 0.396. The van der Waals surface area contributed by atoms with Crippen molar-refractivity contribution in [2.24, 2.45) is 11.7 Å². The van der Waals surface area contributed by atoms with Crippen molar-refractivity contribution in [3.05, 3.63) is 29.6 Å². The van der Waals surface area contributed by atoms with Gasteiger partial charge in [-0.05, 0) is 37.0 Å². The predicted molar refractivity (Wildman–Crippen MR) is 76.5 cm³/mol. The van der Waals surface area contributed by atoms with Crippen molar-refractivity contribution in [2.75, 3.05) is 13.2 Å². The topological polar surface area (TPSA) is 84.7 Å². The van der Waals surface area contributed by atoms with Crippen LogP contribution in [0.1, 0.15) is 18.4 Å². The highest BCUT2D eigenvalue weighted by molar-refractivity contribution is 5.83. The van der Waals surface area contributed by atoms with E-state index in [2.05, 4.69) is 5.32 Å². The van der Waals surface area contributed by atoms with Crippen molar-refractivity contribution in [1.29, 1.82) is 0 Å². The molecular weight excluding hydrogens is 289 g/mol. The van der Waals surface area contributed by atoms with Crippen LogP contribution < -0.4 is 15.8 Å². The number of benzene rings is 1. The molecule has 0 unspecified atom stereocenters. The summed E-state index contributed by atoms with van der Waals surface area (Å²) < 4.78 is 19.2. The third-order valence-corrected chi connectivity index (χ3v) is 4.07.